The Bertz CT molecular complexity index is 170. The largest absolute Gasteiger partial charge is 0.338 e. The minimum Gasteiger partial charge on any atom is -0.338 e. The lowest BCUT2D eigenvalue weighted by molar-refractivity contribution is 0.239. The molecule has 0 bridgehead atoms. The number of hydrogen-bond acceptors (Lipinski definition) is 2. The van der Waals surface area contributed by atoms with E-state index < -0.39 is 0 Å². The molecule has 82 valence electrons. The predicted octanol–water partition coefficient (Wildman–Crippen LogP) is 1.84. The first-order chi connectivity index (χ1) is 6.83. The molecule has 1 aliphatic heterocycles. The lowest BCUT2D eigenvalue weighted by Gasteiger charge is -2.10. The van der Waals surface area contributed by atoms with Gasteiger partial charge in [-0.3, -0.25) is 0 Å². The van der Waals surface area contributed by atoms with E-state index in [1.165, 1.54) is 17.9 Å². The van der Waals surface area contributed by atoms with E-state index in [1.54, 1.807) is 0 Å². The van der Waals surface area contributed by atoms with Crippen molar-refractivity contribution in [3.8, 4) is 0 Å². The lowest BCUT2D eigenvalue weighted by atomic mass is 10.1. The summed E-state index contributed by atoms with van der Waals surface area (Å²) in [5.41, 5.74) is 0. The molecule has 0 saturated carbocycles. The lowest BCUT2D eigenvalue weighted by Crippen LogP contribution is -2.38. The molecule has 0 aromatic rings. The van der Waals surface area contributed by atoms with Crippen LogP contribution < -0.4 is 10.6 Å². The Kier molecular flexibility index (Phi) is 5.83. The van der Waals surface area contributed by atoms with Crippen molar-refractivity contribution in [2.45, 2.75) is 26.2 Å². The highest BCUT2D eigenvalue weighted by atomic mass is 32.2. The smallest absolute Gasteiger partial charge is 0.314 e. The maximum Gasteiger partial charge on any atom is 0.314 e. The van der Waals surface area contributed by atoms with Gasteiger partial charge in [-0.2, -0.15) is 11.8 Å². The third-order valence-corrected chi connectivity index (χ3v) is 3.62. The van der Waals surface area contributed by atoms with E-state index in [9.17, 15) is 4.79 Å². The number of carbonyl (C=O) groups is 1. The summed E-state index contributed by atoms with van der Waals surface area (Å²) in [6.07, 6.45) is 3.44. The second kappa shape index (κ2) is 6.98. The van der Waals surface area contributed by atoms with E-state index in [-0.39, 0.29) is 6.03 Å². The molecule has 1 heterocycles. The first kappa shape index (κ1) is 11.7. The molecule has 14 heavy (non-hydrogen) atoms. The third kappa shape index (κ3) is 4.74. The van der Waals surface area contributed by atoms with Crippen molar-refractivity contribution in [1.29, 1.82) is 0 Å². The van der Waals surface area contributed by atoms with Gasteiger partial charge in [0.05, 0.1) is 0 Å². The van der Waals surface area contributed by atoms with Crippen LogP contribution in [0.2, 0.25) is 0 Å². The Morgan fingerprint density at radius 3 is 3.00 bits per heavy atom. The molecule has 1 rings (SSSR count). The maximum absolute atomic E-state index is 11.2. The predicted molar refractivity (Wildman–Crippen MR) is 61.7 cm³/mol. The van der Waals surface area contributed by atoms with Crippen LogP contribution in [0.25, 0.3) is 0 Å². The van der Waals surface area contributed by atoms with Crippen LogP contribution in [0.5, 0.6) is 0 Å². The van der Waals surface area contributed by atoms with E-state index in [0.717, 1.165) is 25.9 Å². The van der Waals surface area contributed by atoms with Crippen molar-refractivity contribution in [1.82, 2.24) is 10.6 Å². The molecule has 1 unspecified atom stereocenters. The standard InChI is InChI=1S/C10H20N2OS/c1-2-3-5-11-10(13)12-7-9-4-6-14-8-9/h9H,2-8H2,1H3,(H2,11,12,13). The molecule has 0 spiro atoms. The summed E-state index contributed by atoms with van der Waals surface area (Å²) in [7, 11) is 0. The highest BCUT2D eigenvalue weighted by Gasteiger charge is 2.15. The van der Waals surface area contributed by atoms with Crippen LogP contribution in [0, 0.1) is 5.92 Å². The molecule has 0 radical (unpaired) electrons. The molecule has 0 aromatic heterocycles. The van der Waals surface area contributed by atoms with E-state index in [1.807, 2.05) is 11.8 Å². The fourth-order valence-electron chi connectivity index (χ4n) is 1.42. The fourth-order valence-corrected chi connectivity index (χ4v) is 2.71. The fraction of sp³-hybridized carbons (Fsp3) is 0.900. The number of rotatable bonds is 5. The average Bonchev–Trinajstić information content (AvgIpc) is 2.68. The highest BCUT2D eigenvalue weighted by Crippen LogP contribution is 2.22. The van der Waals surface area contributed by atoms with Crippen LogP contribution in [0.4, 0.5) is 4.79 Å². The molecular formula is C10H20N2OS. The van der Waals surface area contributed by atoms with Gasteiger partial charge in [0, 0.05) is 13.1 Å². The number of urea groups is 1. The summed E-state index contributed by atoms with van der Waals surface area (Å²) in [4.78, 5) is 11.2. The van der Waals surface area contributed by atoms with Crippen molar-refractivity contribution in [3.63, 3.8) is 0 Å². The molecule has 1 saturated heterocycles. The van der Waals surface area contributed by atoms with Gasteiger partial charge in [0.2, 0.25) is 0 Å². The van der Waals surface area contributed by atoms with Crippen LogP contribution >= 0.6 is 11.8 Å². The average molecular weight is 216 g/mol. The van der Waals surface area contributed by atoms with Crippen molar-refractivity contribution in [2.75, 3.05) is 24.6 Å². The van der Waals surface area contributed by atoms with Crippen LogP contribution in [-0.2, 0) is 0 Å². The second-order valence-corrected chi connectivity index (χ2v) is 4.87. The quantitative estimate of drug-likeness (QED) is 0.689. The highest BCUT2D eigenvalue weighted by molar-refractivity contribution is 7.99. The molecular weight excluding hydrogens is 196 g/mol. The molecule has 2 N–H and O–H groups in total. The molecule has 1 atom stereocenters. The van der Waals surface area contributed by atoms with Crippen LogP contribution in [-0.4, -0.2) is 30.6 Å². The second-order valence-electron chi connectivity index (χ2n) is 3.72. The zero-order valence-electron chi connectivity index (χ0n) is 8.84. The summed E-state index contributed by atoms with van der Waals surface area (Å²) in [5.74, 6) is 3.15. The Labute approximate surface area is 90.4 Å². The van der Waals surface area contributed by atoms with Gasteiger partial charge in [-0.1, -0.05) is 13.3 Å². The van der Waals surface area contributed by atoms with Crippen LogP contribution in [0.15, 0.2) is 0 Å². The minimum absolute atomic E-state index is 0.00431. The summed E-state index contributed by atoms with van der Waals surface area (Å²) in [5, 5.41) is 5.77. The molecule has 1 aliphatic rings. The number of unbranched alkanes of at least 4 members (excludes halogenated alkanes) is 1. The van der Waals surface area contributed by atoms with Crippen LogP contribution in [0.1, 0.15) is 26.2 Å². The zero-order valence-corrected chi connectivity index (χ0v) is 9.66. The van der Waals surface area contributed by atoms with E-state index >= 15 is 0 Å². The van der Waals surface area contributed by atoms with Gasteiger partial charge < -0.3 is 10.6 Å². The summed E-state index contributed by atoms with van der Waals surface area (Å²) < 4.78 is 0. The van der Waals surface area contributed by atoms with Gasteiger partial charge in [-0.25, -0.2) is 4.79 Å². The van der Waals surface area contributed by atoms with Crippen molar-refractivity contribution in [3.05, 3.63) is 0 Å². The normalized spacial score (nSPS) is 20.8. The molecule has 4 heteroatoms. The molecule has 0 aromatic carbocycles. The number of thioether (sulfide) groups is 1. The molecule has 0 aliphatic carbocycles. The SMILES string of the molecule is CCCCNC(=O)NCC1CCSC1. The minimum atomic E-state index is -0.00431. The number of nitrogens with one attached hydrogen (secondary N) is 2. The Hall–Kier alpha value is -0.380. The van der Waals surface area contributed by atoms with Crippen molar-refractivity contribution in [2.24, 2.45) is 5.92 Å². The number of amides is 2. The van der Waals surface area contributed by atoms with Gasteiger partial charge in [0.25, 0.3) is 0 Å². The Morgan fingerprint density at radius 2 is 2.36 bits per heavy atom. The van der Waals surface area contributed by atoms with E-state index in [2.05, 4.69) is 17.6 Å². The number of carbonyl (C=O) groups excluding carboxylic acids is 1. The van der Waals surface area contributed by atoms with E-state index in [4.69, 9.17) is 0 Å². The van der Waals surface area contributed by atoms with Crippen molar-refractivity contribution >= 4 is 17.8 Å². The van der Waals surface area contributed by atoms with Gasteiger partial charge in [-0.05, 0) is 30.3 Å². The Balaban J connectivity index is 1.96. The maximum atomic E-state index is 11.2. The van der Waals surface area contributed by atoms with Gasteiger partial charge in [0.15, 0.2) is 0 Å². The van der Waals surface area contributed by atoms with E-state index in [0.29, 0.717) is 5.92 Å². The van der Waals surface area contributed by atoms with Gasteiger partial charge >= 0.3 is 6.03 Å². The molecule has 3 nitrogen and oxygen atoms in total. The summed E-state index contributed by atoms with van der Waals surface area (Å²) >= 11 is 1.98. The Morgan fingerprint density at radius 1 is 1.50 bits per heavy atom. The van der Waals surface area contributed by atoms with Gasteiger partial charge in [-0.15, -0.1) is 0 Å². The summed E-state index contributed by atoms with van der Waals surface area (Å²) in [6, 6.07) is -0.00431. The first-order valence-corrected chi connectivity index (χ1v) is 6.58. The van der Waals surface area contributed by atoms with Crippen molar-refractivity contribution < 1.29 is 4.79 Å². The molecule has 2 amide bonds. The molecule has 1 fully saturated rings. The zero-order chi connectivity index (χ0) is 10.2. The number of hydrogen-bond donors (Lipinski definition) is 2. The van der Waals surface area contributed by atoms with Crippen LogP contribution in [0.3, 0.4) is 0 Å². The first-order valence-electron chi connectivity index (χ1n) is 5.42. The topological polar surface area (TPSA) is 41.1 Å². The summed E-state index contributed by atoms with van der Waals surface area (Å²) in [6.45, 7) is 3.75. The van der Waals surface area contributed by atoms with Gasteiger partial charge in [0.1, 0.15) is 0 Å². The third-order valence-electron chi connectivity index (χ3n) is 2.39. The monoisotopic (exact) mass is 216 g/mol.